The Kier molecular flexibility index (Phi) is 2.18. The summed E-state index contributed by atoms with van der Waals surface area (Å²) in [5.41, 5.74) is 2.12. The smallest absolute Gasteiger partial charge is 0.0663 e. The molecule has 2 rings (SSSR count). The monoisotopic (exact) mass is 189 g/mol. The van der Waals surface area contributed by atoms with Gasteiger partial charge in [0.15, 0.2) is 0 Å². The molecule has 1 nitrogen and oxygen atoms in total. The standard InChI is InChI=1S/C13H19N/c1-9-7-11-12(13(11,2)3)8-10(9)5-4-6-14/h5,9,11-12H,4,7-8H2,1-3H3/b10-5+/t9-,11+,12-/m1/s1. The highest BCUT2D eigenvalue weighted by atomic mass is 14.6. The molecule has 0 saturated heterocycles. The van der Waals surface area contributed by atoms with Crippen LogP contribution in [-0.2, 0) is 0 Å². The van der Waals surface area contributed by atoms with Crippen LogP contribution in [0.15, 0.2) is 11.6 Å². The number of hydrogen-bond donors (Lipinski definition) is 0. The van der Waals surface area contributed by atoms with Crippen molar-refractivity contribution in [1.29, 1.82) is 5.26 Å². The normalized spacial score (nSPS) is 41.6. The molecule has 0 spiro atoms. The SMILES string of the molecule is C[C@@H]1C[C@H]2[C@@H](C/C1=C\CC#N)C2(C)C. The topological polar surface area (TPSA) is 23.8 Å². The van der Waals surface area contributed by atoms with E-state index in [1.165, 1.54) is 12.8 Å². The van der Waals surface area contributed by atoms with Crippen LogP contribution in [0.5, 0.6) is 0 Å². The number of rotatable bonds is 1. The average Bonchev–Trinajstić information content (AvgIpc) is 2.65. The second-order valence-electron chi connectivity index (χ2n) is 5.52. The predicted molar refractivity (Wildman–Crippen MR) is 57.5 cm³/mol. The van der Waals surface area contributed by atoms with E-state index in [4.69, 9.17) is 5.26 Å². The van der Waals surface area contributed by atoms with E-state index in [-0.39, 0.29) is 0 Å². The molecule has 0 aromatic heterocycles. The maximum absolute atomic E-state index is 8.57. The molecule has 0 N–H and O–H groups in total. The van der Waals surface area contributed by atoms with Crippen molar-refractivity contribution in [3.8, 4) is 6.07 Å². The quantitative estimate of drug-likeness (QED) is 0.579. The Bertz CT molecular complexity index is 306. The molecule has 0 aliphatic heterocycles. The fourth-order valence-corrected chi connectivity index (χ4v) is 3.18. The molecule has 0 bridgehead atoms. The minimum atomic E-state index is 0.580. The van der Waals surface area contributed by atoms with Crippen molar-refractivity contribution in [1.82, 2.24) is 0 Å². The lowest BCUT2D eigenvalue weighted by atomic mass is 9.85. The highest BCUT2D eigenvalue weighted by Gasteiger charge is 2.59. The van der Waals surface area contributed by atoms with Crippen LogP contribution in [0.3, 0.4) is 0 Å². The summed E-state index contributed by atoms with van der Waals surface area (Å²) in [7, 11) is 0. The summed E-state index contributed by atoms with van der Waals surface area (Å²) in [5.74, 6) is 2.58. The molecule has 2 fully saturated rings. The van der Waals surface area contributed by atoms with Crippen molar-refractivity contribution >= 4 is 0 Å². The van der Waals surface area contributed by atoms with Crippen LogP contribution in [-0.4, -0.2) is 0 Å². The summed E-state index contributed by atoms with van der Waals surface area (Å²) in [4.78, 5) is 0. The Morgan fingerprint density at radius 2 is 2.21 bits per heavy atom. The summed E-state index contributed by atoms with van der Waals surface area (Å²) in [6.45, 7) is 7.10. The van der Waals surface area contributed by atoms with Crippen LogP contribution in [0.25, 0.3) is 0 Å². The zero-order valence-corrected chi connectivity index (χ0v) is 9.38. The minimum Gasteiger partial charge on any atom is -0.198 e. The molecule has 3 atom stereocenters. The third-order valence-corrected chi connectivity index (χ3v) is 4.44. The molecule has 2 aliphatic carbocycles. The first-order chi connectivity index (χ1) is 6.57. The molecule has 0 aromatic rings. The molecule has 2 aliphatic rings. The third-order valence-electron chi connectivity index (χ3n) is 4.44. The Morgan fingerprint density at radius 3 is 2.86 bits per heavy atom. The number of nitriles is 1. The minimum absolute atomic E-state index is 0.580. The average molecular weight is 189 g/mol. The van der Waals surface area contributed by atoms with E-state index >= 15 is 0 Å². The van der Waals surface area contributed by atoms with E-state index in [0.717, 1.165) is 11.8 Å². The van der Waals surface area contributed by atoms with Crippen LogP contribution >= 0.6 is 0 Å². The Hall–Kier alpha value is -0.770. The molecule has 0 amide bonds. The highest BCUT2D eigenvalue weighted by molar-refractivity contribution is 5.21. The van der Waals surface area contributed by atoms with Gasteiger partial charge in [-0.2, -0.15) is 5.26 Å². The van der Waals surface area contributed by atoms with Crippen LogP contribution in [0.2, 0.25) is 0 Å². The van der Waals surface area contributed by atoms with Gasteiger partial charge < -0.3 is 0 Å². The number of hydrogen-bond acceptors (Lipinski definition) is 1. The van der Waals surface area contributed by atoms with E-state index in [1.54, 1.807) is 5.57 Å². The van der Waals surface area contributed by atoms with Crippen molar-refractivity contribution in [2.24, 2.45) is 23.2 Å². The third kappa shape index (κ3) is 1.38. The molecule has 2 saturated carbocycles. The summed E-state index contributed by atoms with van der Waals surface area (Å²) in [6, 6.07) is 2.21. The summed E-state index contributed by atoms with van der Waals surface area (Å²) < 4.78 is 0. The molecule has 76 valence electrons. The van der Waals surface area contributed by atoms with E-state index < -0.39 is 0 Å². The second-order valence-corrected chi connectivity index (χ2v) is 5.52. The number of nitrogens with zero attached hydrogens (tertiary/aromatic N) is 1. The van der Waals surface area contributed by atoms with Gasteiger partial charge in [-0.1, -0.05) is 32.4 Å². The van der Waals surface area contributed by atoms with Gasteiger partial charge in [0.2, 0.25) is 0 Å². The molecule has 0 radical (unpaired) electrons. The zero-order valence-electron chi connectivity index (χ0n) is 9.38. The molecule has 0 heterocycles. The lowest BCUT2D eigenvalue weighted by molar-refractivity contribution is 0.452. The van der Waals surface area contributed by atoms with Crippen LogP contribution in [0.4, 0.5) is 0 Å². The van der Waals surface area contributed by atoms with Crippen molar-refractivity contribution in [2.45, 2.75) is 40.0 Å². The van der Waals surface area contributed by atoms with Crippen molar-refractivity contribution < 1.29 is 0 Å². The lowest BCUT2D eigenvalue weighted by Crippen LogP contribution is -2.08. The van der Waals surface area contributed by atoms with Gasteiger partial charge in [0.25, 0.3) is 0 Å². The summed E-state index contributed by atoms with van der Waals surface area (Å²) in [5, 5.41) is 8.57. The van der Waals surface area contributed by atoms with Gasteiger partial charge in [-0.15, -0.1) is 0 Å². The first kappa shape index (κ1) is 9.77. The largest absolute Gasteiger partial charge is 0.198 e. The van der Waals surface area contributed by atoms with Gasteiger partial charge in [-0.3, -0.25) is 0 Å². The van der Waals surface area contributed by atoms with Gasteiger partial charge in [-0.05, 0) is 36.0 Å². The van der Waals surface area contributed by atoms with E-state index in [9.17, 15) is 0 Å². The van der Waals surface area contributed by atoms with Crippen molar-refractivity contribution in [3.63, 3.8) is 0 Å². The van der Waals surface area contributed by atoms with Crippen molar-refractivity contribution in [2.75, 3.05) is 0 Å². The molecular formula is C13H19N. The number of fused-ring (bicyclic) bond motifs is 1. The first-order valence-corrected chi connectivity index (χ1v) is 5.63. The van der Waals surface area contributed by atoms with Gasteiger partial charge in [0.1, 0.15) is 0 Å². The second kappa shape index (κ2) is 3.12. The maximum atomic E-state index is 8.57. The van der Waals surface area contributed by atoms with E-state index in [2.05, 4.69) is 32.9 Å². The molecular weight excluding hydrogens is 170 g/mol. The molecule has 14 heavy (non-hydrogen) atoms. The van der Waals surface area contributed by atoms with Crippen LogP contribution in [0, 0.1) is 34.5 Å². The van der Waals surface area contributed by atoms with Gasteiger partial charge in [0.05, 0.1) is 12.5 Å². The van der Waals surface area contributed by atoms with Gasteiger partial charge in [0, 0.05) is 0 Å². The zero-order chi connectivity index (χ0) is 10.3. The lowest BCUT2D eigenvalue weighted by Gasteiger charge is -2.20. The fraction of sp³-hybridized carbons (Fsp3) is 0.769. The van der Waals surface area contributed by atoms with Crippen molar-refractivity contribution in [3.05, 3.63) is 11.6 Å². The Balaban J connectivity index is 2.07. The fourth-order valence-electron chi connectivity index (χ4n) is 3.18. The van der Waals surface area contributed by atoms with E-state index in [0.29, 0.717) is 17.8 Å². The highest BCUT2D eigenvalue weighted by Crippen LogP contribution is 2.66. The summed E-state index contributed by atoms with van der Waals surface area (Å²) >= 11 is 0. The van der Waals surface area contributed by atoms with E-state index in [1.807, 2.05) is 0 Å². The summed E-state index contributed by atoms with van der Waals surface area (Å²) in [6.07, 6.45) is 5.35. The van der Waals surface area contributed by atoms with Gasteiger partial charge >= 0.3 is 0 Å². The Labute approximate surface area is 86.8 Å². The van der Waals surface area contributed by atoms with Crippen LogP contribution in [0.1, 0.15) is 40.0 Å². The Morgan fingerprint density at radius 1 is 1.50 bits per heavy atom. The first-order valence-electron chi connectivity index (χ1n) is 5.63. The molecule has 0 unspecified atom stereocenters. The molecule has 0 aromatic carbocycles. The molecule has 1 heteroatoms. The maximum Gasteiger partial charge on any atom is 0.0663 e. The van der Waals surface area contributed by atoms with Crippen LogP contribution < -0.4 is 0 Å². The van der Waals surface area contributed by atoms with Gasteiger partial charge in [-0.25, -0.2) is 0 Å². The number of allylic oxidation sites excluding steroid dienone is 2. The predicted octanol–water partition coefficient (Wildman–Crippen LogP) is 3.53.